The summed E-state index contributed by atoms with van der Waals surface area (Å²) in [6, 6.07) is 12.4. The highest BCUT2D eigenvalue weighted by Gasteiger charge is 2.34. The average Bonchev–Trinajstić information content (AvgIpc) is 3.17. The molecule has 1 saturated heterocycles. The van der Waals surface area contributed by atoms with Crippen molar-refractivity contribution in [3.63, 3.8) is 0 Å². The van der Waals surface area contributed by atoms with Crippen molar-refractivity contribution in [2.75, 3.05) is 25.1 Å². The standard InChI is InChI=1S/C22H26N2O4S/c1-16-7-5-6-13-24(16)29(26,27)21-15-18(10-11-20(21)28-2)22(25)23-14-12-17-8-3-4-9-19(17)23/h3-4,8-11,15-16H,5-7,12-14H2,1-2H3. The largest absolute Gasteiger partial charge is 0.495 e. The number of sulfonamides is 1. The minimum Gasteiger partial charge on any atom is -0.495 e. The zero-order valence-corrected chi connectivity index (χ0v) is 17.6. The number of piperidine rings is 1. The lowest BCUT2D eigenvalue weighted by Gasteiger charge is -2.32. The Balaban J connectivity index is 1.72. The summed E-state index contributed by atoms with van der Waals surface area (Å²) in [6.07, 6.45) is 3.51. The Morgan fingerprint density at radius 2 is 1.90 bits per heavy atom. The predicted octanol–water partition coefficient (Wildman–Crippen LogP) is 3.46. The Kier molecular flexibility index (Phi) is 5.36. The van der Waals surface area contributed by atoms with Crippen molar-refractivity contribution in [3.8, 4) is 5.75 Å². The van der Waals surface area contributed by atoms with Gasteiger partial charge in [-0.15, -0.1) is 0 Å². The van der Waals surface area contributed by atoms with Gasteiger partial charge in [-0.3, -0.25) is 4.79 Å². The second-order valence-electron chi connectivity index (χ2n) is 7.66. The van der Waals surface area contributed by atoms with Gasteiger partial charge in [0.1, 0.15) is 10.6 Å². The molecule has 0 N–H and O–H groups in total. The average molecular weight is 415 g/mol. The highest BCUT2D eigenvalue weighted by Crippen LogP contribution is 2.33. The first-order chi connectivity index (χ1) is 13.9. The number of rotatable bonds is 4. The second-order valence-corrected chi connectivity index (χ2v) is 9.52. The Labute approximate surface area is 172 Å². The van der Waals surface area contributed by atoms with Crippen LogP contribution < -0.4 is 9.64 Å². The highest BCUT2D eigenvalue weighted by molar-refractivity contribution is 7.89. The van der Waals surface area contributed by atoms with Crippen molar-refractivity contribution >= 4 is 21.6 Å². The number of carbonyl (C=O) groups is 1. The predicted molar refractivity (Wildman–Crippen MR) is 112 cm³/mol. The molecule has 2 aliphatic heterocycles. The van der Waals surface area contributed by atoms with E-state index < -0.39 is 10.0 Å². The summed E-state index contributed by atoms with van der Waals surface area (Å²) in [5.41, 5.74) is 2.37. The molecule has 29 heavy (non-hydrogen) atoms. The number of methoxy groups -OCH3 is 1. The molecule has 2 aromatic carbocycles. The van der Waals surface area contributed by atoms with Crippen LogP contribution in [-0.2, 0) is 16.4 Å². The van der Waals surface area contributed by atoms with Gasteiger partial charge >= 0.3 is 0 Å². The molecule has 0 bridgehead atoms. The van der Waals surface area contributed by atoms with Crippen LogP contribution >= 0.6 is 0 Å². The number of ether oxygens (including phenoxy) is 1. The maximum Gasteiger partial charge on any atom is 0.258 e. The topological polar surface area (TPSA) is 66.9 Å². The molecule has 0 aliphatic carbocycles. The third-order valence-corrected chi connectivity index (χ3v) is 7.91. The molecule has 2 aromatic rings. The first-order valence-corrected chi connectivity index (χ1v) is 11.5. The number of carbonyl (C=O) groups excluding carboxylic acids is 1. The second kappa shape index (κ2) is 7.80. The van der Waals surface area contributed by atoms with Crippen molar-refractivity contribution in [2.24, 2.45) is 0 Å². The SMILES string of the molecule is COc1ccc(C(=O)N2CCc3ccccc32)cc1S(=O)(=O)N1CCCCC1C. The van der Waals surface area contributed by atoms with Crippen molar-refractivity contribution in [1.82, 2.24) is 4.31 Å². The van der Waals surface area contributed by atoms with Crippen LogP contribution in [-0.4, -0.2) is 44.9 Å². The first kappa shape index (κ1) is 19.9. The summed E-state index contributed by atoms with van der Waals surface area (Å²) in [6.45, 7) is 3.01. The maximum absolute atomic E-state index is 13.4. The summed E-state index contributed by atoms with van der Waals surface area (Å²) < 4.78 is 33.7. The van der Waals surface area contributed by atoms with E-state index in [1.807, 2.05) is 31.2 Å². The van der Waals surface area contributed by atoms with E-state index in [2.05, 4.69) is 0 Å². The van der Waals surface area contributed by atoms with Crippen LogP contribution in [0.5, 0.6) is 5.75 Å². The van der Waals surface area contributed by atoms with Gasteiger partial charge in [0.25, 0.3) is 5.91 Å². The first-order valence-electron chi connectivity index (χ1n) is 10.0. The van der Waals surface area contributed by atoms with E-state index in [0.29, 0.717) is 18.7 Å². The van der Waals surface area contributed by atoms with Gasteiger partial charge in [0, 0.05) is 30.4 Å². The van der Waals surface area contributed by atoms with Gasteiger partial charge in [-0.05, 0) is 56.0 Å². The summed E-state index contributed by atoms with van der Waals surface area (Å²) in [4.78, 5) is 15.0. The van der Waals surface area contributed by atoms with Gasteiger partial charge in [0.05, 0.1) is 7.11 Å². The number of hydrogen-bond acceptors (Lipinski definition) is 4. The molecule has 154 valence electrons. The van der Waals surface area contributed by atoms with Crippen LogP contribution in [0.4, 0.5) is 5.69 Å². The number of benzene rings is 2. The number of nitrogens with zero attached hydrogens (tertiary/aromatic N) is 2. The van der Waals surface area contributed by atoms with Gasteiger partial charge in [-0.2, -0.15) is 4.31 Å². The monoisotopic (exact) mass is 414 g/mol. The fourth-order valence-electron chi connectivity index (χ4n) is 4.27. The van der Waals surface area contributed by atoms with Crippen LogP contribution in [0.1, 0.15) is 42.1 Å². The molecule has 4 rings (SSSR count). The lowest BCUT2D eigenvalue weighted by Crippen LogP contribution is -2.42. The smallest absolute Gasteiger partial charge is 0.258 e. The molecule has 1 amide bonds. The van der Waals surface area contributed by atoms with Crippen LogP contribution in [0.3, 0.4) is 0 Å². The Bertz CT molecular complexity index is 1030. The number of anilines is 1. The molecular formula is C22H26N2O4S. The molecule has 0 spiro atoms. The number of para-hydroxylation sites is 1. The van der Waals surface area contributed by atoms with Gasteiger partial charge in [0.2, 0.25) is 10.0 Å². The summed E-state index contributed by atoms with van der Waals surface area (Å²) in [5, 5.41) is 0. The third-order valence-electron chi connectivity index (χ3n) is 5.87. The molecule has 1 unspecified atom stereocenters. The molecule has 0 radical (unpaired) electrons. The van der Waals surface area contributed by atoms with Crippen molar-refractivity contribution in [1.29, 1.82) is 0 Å². The molecular weight excluding hydrogens is 388 g/mol. The van der Waals surface area contributed by atoms with Gasteiger partial charge < -0.3 is 9.64 Å². The Morgan fingerprint density at radius 1 is 1.10 bits per heavy atom. The molecule has 0 aromatic heterocycles. The zero-order valence-electron chi connectivity index (χ0n) is 16.8. The zero-order chi connectivity index (χ0) is 20.6. The van der Waals surface area contributed by atoms with E-state index in [1.165, 1.54) is 17.5 Å². The molecule has 1 atom stereocenters. The van der Waals surface area contributed by atoms with Crippen molar-refractivity contribution < 1.29 is 17.9 Å². The van der Waals surface area contributed by atoms with Crippen LogP contribution in [0.15, 0.2) is 47.4 Å². The Hall–Kier alpha value is -2.38. The number of hydrogen-bond donors (Lipinski definition) is 0. The van der Waals surface area contributed by atoms with Gasteiger partial charge in [-0.1, -0.05) is 24.6 Å². The van der Waals surface area contributed by atoms with E-state index in [0.717, 1.165) is 36.9 Å². The van der Waals surface area contributed by atoms with E-state index in [4.69, 9.17) is 4.74 Å². The van der Waals surface area contributed by atoms with E-state index >= 15 is 0 Å². The summed E-state index contributed by atoms with van der Waals surface area (Å²) in [5.74, 6) is 0.0712. The normalized spacial score (nSPS) is 19.8. The maximum atomic E-state index is 13.4. The molecule has 7 heteroatoms. The lowest BCUT2D eigenvalue weighted by molar-refractivity contribution is 0.0989. The number of amides is 1. The van der Waals surface area contributed by atoms with E-state index in [9.17, 15) is 13.2 Å². The molecule has 6 nitrogen and oxygen atoms in total. The Morgan fingerprint density at radius 3 is 2.66 bits per heavy atom. The fraction of sp³-hybridized carbons (Fsp3) is 0.409. The fourth-order valence-corrected chi connectivity index (χ4v) is 6.15. The molecule has 0 saturated carbocycles. The highest BCUT2D eigenvalue weighted by atomic mass is 32.2. The summed E-state index contributed by atoms with van der Waals surface area (Å²) >= 11 is 0. The molecule has 2 heterocycles. The van der Waals surface area contributed by atoms with Gasteiger partial charge in [0.15, 0.2) is 0 Å². The van der Waals surface area contributed by atoms with Crippen LogP contribution in [0.25, 0.3) is 0 Å². The molecule has 2 aliphatic rings. The lowest BCUT2D eigenvalue weighted by atomic mass is 10.1. The molecule has 1 fully saturated rings. The quantitative estimate of drug-likeness (QED) is 0.768. The van der Waals surface area contributed by atoms with Crippen molar-refractivity contribution in [3.05, 3.63) is 53.6 Å². The minimum absolute atomic E-state index is 0.0621. The van der Waals surface area contributed by atoms with E-state index in [1.54, 1.807) is 17.0 Å². The van der Waals surface area contributed by atoms with Crippen LogP contribution in [0.2, 0.25) is 0 Å². The van der Waals surface area contributed by atoms with E-state index in [-0.39, 0.29) is 22.6 Å². The summed E-state index contributed by atoms with van der Waals surface area (Å²) in [7, 11) is -2.31. The van der Waals surface area contributed by atoms with Gasteiger partial charge in [-0.25, -0.2) is 8.42 Å². The van der Waals surface area contributed by atoms with Crippen LogP contribution in [0, 0.1) is 0 Å². The third kappa shape index (κ3) is 3.53. The minimum atomic E-state index is -3.76. The van der Waals surface area contributed by atoms with Crippen molar-refractivity contribution in [2.45, 2.75) is 43.5 Å². The number of fused-ring (bicyclic) bond motifs is 1.